The summed E-state index contributed by atoms with van der Waals surface area (Å²) in [6, 6.07) is 0. The van der Waals surface area contributed by atoms with Crippen LogP contribution >= 0.6 is 0 Å². The van der Waals surface area contributed by atoms with Gasteiger partial charge in [0.25, 0.3) is 0 Å². The zero-order valence-corrected chi connectivity index (χ0v) is 7.27. The normalized spacial score (nSPS) is 6.44. The summed E-state index contributed by atoms with van der Waals surface area (Å²) >= 11 is 0. The summed E-state index contributed by atoms with van der Waals surface area (Å²) in [5.41, 5.74) is 0. The maximum Gasteiger partial charge on any atom is 2.00 e. The molecule has 7 nitrogen and oxygen atoms in total. The first-order valence-corrected chi connectivity index (χ1v) is 2.00. The molecule has 9 heavy (non-hydrogen) atoms. The molecule has 0 aromatic carbocycles. The van der Waals surface area contributed by atoms with Crippen molar-refractivity contribution in [3.63, 3.8) is 0 Å². The van der Waals surface area contributed by atoms with Gasteiger partial charge in [0.1, 0.15) is 0 Å². The molecule has 9 heteroatoms. The quantitative estimate of drug-likeness (QED) is 0.214. The predicted octanol–water partition coefficient (Wildman–Crippen LogP) is -4.19. The molecule has 56 valence electrons. The fraction of sp³-hybridized carbons (Fsp3) is 0. The van der Waals surface area contributed by atoms with Crippen LogP contribution in [0.3, 0.4) is 0 Å². The van der Waals surface area contributed by atoms with Crippen LogP contribution in [-0.2, 0) is 10.4 Å². The molecule has 6 N–H and O–H groups in total. The van der Waals surface area contributed by atoms with Gasteiger partial charge < -0.3 is 25.5 Å². The smallest absolute Gasteiger partial charge is 0.759 e. The first-order chi connectivity index (χ1) is 2.00. The molecule has 0 spiro atoms. The van der Waals surface area contributed by atoms with Crippen molar-refractivity contribution >= 4 is 48.1 Å². The summed E-state index contributed by atoms with van der Waals surface area (Å²) in [7, 11) is -5.17. The molecule has 0 aliphatic rings. The number of hydrogen-bond donors (Lipinski definition) is 0. The molecule has 0 radical (unpaired) electrons. The molecule has 0 atom stereocenters. The van der Waals surface area contributed by atoms with E-state index in [9.17, 15) is 0 Å². The predicted molar refractivity (Wildman–Crippen MR) is 27.1 cm³/mol. The molecule has 0 aromatic heterocycles. The summed E-state index contributed by atoms with van der Waals surface area (Å²) in [5.74, 6) is 0. The average molecular weight is 190 g/mol. The van der Waals surface area contributed by atoms with Gasteiger partial charge in [0.05, 0.1) is 0 Å². The van der Waals surface area contributed by atoms with Crippen LogP contribution in [0.4, 0.5) is 0 Å². The zero-order chi connectivity index (χ0) is 4.50. The first kappa shape index (κ1) is 32.4. The Kier molecular flexibility index (Phi) is 42.3. The van der Waals surface area contributed by atoms with Gasteiger partial charge in [-0.3, -0.25) is 8.42 Å². The van der Waals surface area contributed by atoms with Crippen molar-refractivity contribution in [2.45, 2.75) is 0 Å². The van der Waals surface area contributed by atoms with E-state index in [1.807, 2.05) is 0 Å². The Labute approximate surface area is 81.6 Å². The van der Waals surface area contributed by atoms with E-state index in [1.165, 1.54) is 0 Å². The third-order valence-electron chi connectivity index (χ3n) is 0. The van der Waals surface area contributed by atoms with E-state index in [0.29, 0.717) is 0 Å². The van der Waals surface area contributed by atoms with Crippen LogP contribution in [0, 0.1) is 0 Å². The molecular formula is H6CaO7S. The van der Waals surface area contributed by atoms with Crippen LogP contribution in [0.25, 0.3) is 0 Å². The zero-order valence-electron chi connectivity index (χ0n) is 4.25. The minimum absolute atomic E-state index is 0. The third kappa shape index (κ3) is 434. The summed E-state index contributed by atoms with van der Waals surface area (Å²) in [5, 5.41) is 0. The number of hydrogen-bond acceptors (Lipinski definition) is 4. The van der Waals surface area contributed by atoms with Gasteiger partial charge in [-0.25, -0.2) is 0 Å². The summed E-state index contributed by atoms with van der Waals surface area (Å²) in [4.78, 5) is 0. The second-order valence-electron chi connectivity index (χ2n) is 0.408. The van der Waals surface area contributed by atoms with Crippen molar-refractivity contribution in [2.24, 2.45) is 0 Å². The molecule has 0 aromatic rings. The largest absolute Gasteiger partial charge is 2.00 e. The molecule has 0 bridgehead atoms. The second kappa shape index (κ2) is 11.8. The van der Waals surface area contributed by atoms with Crippen molar-refractivity contribution in [1.82, 2.24) is 0 Å². The van der Waals surface area contributed by atoms with Gasteiger partial charge in [0.2, 0.25) is 0 Å². The molecule has 0 saturated heterocycles. The van der Waals surface area contributed by atoms with Crippen LogP contribution in [-0.4, -0.2) is 71.7 Å². The molecule has 0 aliphatic carbocycles. The fourth-order valence-electron chi connectivity index (χ4n) is 0. The molecular weight excluding hydrogens is 184 g/mol. The minimum Gasteiger partial charge on any atom is -0.759 e. The Hall–Kier alpha value is 1.01. The van der Waals surface area contributed by atoms with Crippen molar-refractivity contribution in [2.75, 3.05) is 0 Å². The van der Waals surface area contributed by atoms with Gasteiger partial charge in [0, 0.05) is 10.4 Å². The standard InChI is InChI=1S/Ca.H2O4S.3H2O/c;1-5(2,3)4;;;/h;(H2,1,2,3,4);3*1H2/q+2;;;;/p-2. The van der Waals surface area contributed by atoms with Crippen molar-refractivity contribution in [1.29, 1.82) is 0 Å². The van der Waals surface area contributed by atoms with E-state index in [4.69, 9.17) is 17.5 Å². The Morgan fingerprint density at radius 2 is 0.889 bits per heavy atom. The van der Waals surface area contributed by atoms with E-state index < -0.39 is 10.4 Å². The van der Waals surface area contributed by atoms with Crippen LogP contribution in [0.15, 0.2) is 0 Å². The first-order valence-electron chi connectivity index (χ1n) is 0.667. The van der Waals surface area contributed by atoms with Gasteiger partial charge in [0.15, 0.2) is 0 Å². The molecule has 0 aliphatic heterocycles. The summed E-state index contributed by atoms with van der Waals surface area (Å²) in [6.45, 7) is 0. The average Bonchev–Trinajstić information content (AvgIpc) is 0.722. The van der Waals surface area contributed by atoms with E-state index in [-0.39, 0.29) is 54.2 Å². The van der Waals surface area contributed by atoms with Gasteiger partial charge in [-0.1, -0.05) is 0 Å². The maximum absolute atomic E-state index is 8.52. The summed E-state index contributed by atoms with van der Waals surface area (Å²) in [6.07, 6.45) is 0. The van der Waals surface area contributed by atoms with Crippen molar-refractivity contribution in [3.05, 3.63) is 0 Å². The van der Waals surface area contributed by atoms with Gasteiger partial charge in [-0.15, -0.1) is 0 Å². The molecule has 0 amide bonds. The van der Waals surface area contributed by atoms with Gasteiger partial charge in [-0.2, -0.15) is 0 Å². The Morgan fingerprint density at radius 1 is 0.889 bits per heavy atom. The van der Waals surface area contributed by atoms with Crippen LogP contribution in [0.1, 0.15) is 0 Å². The van der Waals surface area contributed by atoms with Crippen molar-refractivity contribution < 1.29 is 34.0 Å². The van der Waals surface area contributed by atoms with Crippen LogP contribution < -0.4 is 0 Å². The number of rotatable bonds is 0. The van der Waals surface area contributed by atoms with Crippen molar-refractivity contribution in [3.8, 4) is 0 Å². The van der Waals surface area contributed by atoms with Gasteiger partial charge >= 0.3 is 37.7 Å². The molecule has 0 heterocycles. The third-order valence-corrected chi connectivity index (χ3v) is 0. The van der Waals surface area contributed by atoms with Crippen LogP contribution in [0.5, 0.6) is 0 Å². The molecule has 0 fully saturated rings. The summed E-state index contributed by atoms with van der Waals surface area (Å²) < 4.78 is 34.1. The Balaban J connectivity index is -0.0000000133. The van der Waals surface area contributed by atoms with E-state index in [2.05, 4.69) is 0 Å². The minimum atomic E-state index is -5.17. The van der Waals surface area contributed by atoms with E-state index in [0.717, 1.165) is 0 Å². The maximum atomic E-state index is 8.52. The molecule has 0 rings (SSSR count). The van der Waals surface area contributed by atoms with Crippen LogP contribution in [0.2, 0.25) is 0 Å². The fourth-order valence-corrected chi connectivity index (χ4v) is 0. The topological polar surface area (TPSA) is 175 Å². The molecule has 0 unspecified atom stereocenters. The Morgan fingerprint density at radius 3 is 0.889 bits per heavy atom. The van der Waals surface area contributed by atoms with E-state index in [1.54, 1.807) is 0 Å². The SMILES string of the molecule is O.O.O.O=S(=O)([O-])[O-].[Ca+2]. The Bertz CT molecular complexity index is 92.1. The monoisotopic (exact) mass is 190 g/mol. The second-order valence-corrected chi connectivity index (χ2v) is 1.22. The van der Waals surface area contributed by atoms with E-state index >= 15 is 0 Å². The molecule has 0 saturated carbocycles. The van der Waals surface area contributed by atoms with Gasteiger partial charge in [-0.05, 0) is 0 Å².